The van der Waals surface area contributed by atoms with E-state index < -0.39 is 0 Å². The Hall–Kier alpha value is -0.470. The summed E-state index contributed by atoms with van der Waals surface area (Å²) in [7, 11) is 0. The molecule has 0 saturated heterocycles. The summed E-state index contributed by atoms with van der Waals surface area (Å²) in [5, 5.41) is 16.2. The quantitative estimate of drug-likeness (QED) is 0.237. The molecule has 0 heterocycles. The number of nitrogens with zero attached hydrogens (tertiary/aromatic N) is 1. The maximum atomic E-state index is 9.53. The summed E-state index contributed by atoms with van der Waals surface area (Å²) in [4.78, 5) is 5.97. The Morgan fingerprint density at radius 2 is 2.00 bits per heavy atom. The number of rotatable bonds is 8. The number of aryl methyl sites for hydroxylation is 1. The van der Waals surface area contributed by atoms with Crippen molar-refractivity contribution in [1.82, 2.24) is 10.6 Å². The van der Waals surface area contributed by atoms with Gasteiger partial charge in [-0.25, -0.2) is 4.99 Å². The second kappa shape index (κ2) is 12.0. The highest BCUT2D eigenvalue weighted by Crippen LogP contribution is 2.22. The summed E-state index contributed by atoms with van der Waals surface area (Å²) in [6.45, 7) is 10.7. The summed E-state index contributed by atoms with van der Waals surface area (Å²) in [5.74, 6) is 0.799. The van der Waals surface area contributed by atoms with Crippen LogP contribution < -0.4 is 10.6 Å². The second-order valence-electron chi connectivity index (χ2n) is 6.19. The predicted octanol–water partition coefficient (Wildman–Crippen LogP) is 3.80. The Morgan fingerprint density at radius 3 is 2.54 bits per heavy atom. The SMILES string of the molecule is CCNC(=NCc1ccc(C)cc1SC)NCC(C)(CC)CO.I. The van der Waals surface area contributed by atoms with Crippen molar-refractivity contribution in [3.8, 4) is 0 Å². The highest BCUT2D eigenvalue weighted by atomic mass is 127. The third-order valence-corrected chi connectivity index (χ3v) is 4.93. The normalized spacial score (nSPS) is 13.8. The molecule has 0 fully saturated rings. The molecule has 0 aliphatic carbocycles. The lowest BCUT2D eigenvalue weighted by atomic mass is 9.89. The van der Waals surface area contributed by atoms with Gasteiger partial charge in [0.2, 0.25) is 0 Å². The van der Waals surface area contributed by atoms with Crippen molar-refractivity contribution >= 4 is 41.7 Å². The van der Waals surface area contributed by atoms with E-state index in [-0.39, 0.29) is 36.0 Å². The van der Waals surface area contributed by atoms with Crippen LogP contribution >= 0.6 is 35.7 Å². The molecule has 1 unspecified atom stereocenters. The Kier molecular flexibility index (Phi) is 11.7. The van der Waals surface area contributed by atoms with E-state index in [1.165, 1.54) is 16.0 Å². The van der Waals surface area contributed by atoms with Crippen LogP contribution in [0, 0.1) is 12.3 Å². The molecular formula is C18H32IN3OS. The number of guanidine groups is 1. The van der Waals surface area contributed by atoms with Gasteiger partial charge in [-0.2, -0.15) is 0 Å². The van der Waals surface area contributed by atoms with E-state index >= 15 is 0 Å². The van der Waals surface area contributed by atoms with Crippen LogP contribution in [0.4, 0.5) is 0 Å². The maximum absolute atomic E-state index is 9.53. The van der Waals surface area contributed by atoms with Crippen LogP contribution in [0.3, 0.4) is 0 Å². The highest BCUT2D eigenvalue weighted by Gasteiger charge is 2.21. The van der Waals surface area contributed by atoms with E-state index in [2.05, 4.69) is 62.8 Å². The van der Waals surface area contributed by atoms with E-state index in [9.17, 15) is 5.11 Å². The van der Waals surface area contributed by atoms with E-state index in [0.717, 1.165) is 18.9 Å². The molecule has 0 saturated carbocycles. The van der Waals surface area contributed by atoms with Gasteiger partial charge in [-0.15, -0.1) is 35.7 Å². The van der Waals surface area contributed by atoms with Crippen LogP contribution in [0.5, 0.6) is 0 Å². The van der Waals surface area contributed by atoms with E-state index in [1.807, 2.05) is 0 Å². The molecule has 3 N–H and O–H groups in total. The van der Waals surface area contributed by atoms with Crippen LogP contribution in [0.15, 0.2) is 28.1 Å². The summed E-state index contributed by atoms with van der Waals surface area (Å²) in [6.07, 6.45) is 3.02. The standard InChI is InChI=1S/C18H31N3OS.HI/c1-6-18(4,13-22)12-21-17(19-7-2)20-11-15-9-8-14(3)10-16(15)23-5;/h8-10,22H,6-7,11-13H2,1-5H3,(H2,19,20,21);1H. The summed E-state index contributed by atoms with van der Waals surface area (Å²) >= 11 is 1.76. The zero-order chi connectivity index (χ0) is 17.3. The van der Waals surface area contributed by atoms with Gasteiger partial charge in [0, 0.05) is 23.4 Å². The van der Waals surface area contributed by atoms with Crippen LogP contribution in [-0.2, 0) is 6.54 Å². The van der Waals surface area contributed by atoms with Crippen LogP contribution in [-0.4, -0.2) is 37.0 Å². The van der Waals surface area contributed by atoms with Crippen LogP contribution in [0.1, 0.15) is 38.3 Å². The number of benzene rings is 1. The third-order valence-electron chi connectivity index (χ3n) is 4.11. The average Bonchev–Trinajstić information content (AvgIpc) is 2.57. The fourth-order valence-corrected chi connectivity index (χ4v) is 2.78. The van der Waals surface area contributed by atoms with Crippen LogP contribution in [0.25, 0.3) is 0 Å². The fourth-order valence-electron chi connectivity index (χ4n) is 2.08. The molecule has 0 amide bonds. The fraction of sp³-hybridized carbons (Fsp3) is 0.611. The molecule has 24 heavy (non-hydrogen) atoms. The highest BCUT2D eigenvalue weighted by molar-refractivity contribution is 14.0. The molecule has 0 spiro atoms. The number of aliphatic imine (C=N–C) groups is 1. The van der Waals surface area contributed by atoms with Crippen molar-refractivity contribution < 1.29 is 5.11 Å². The Labute approximate surface area is 168 Å². The molecule has 1 aromatic rings. The number of hydrogen-bond donors (Lipinski definition) is 3. The Bertz CT molecular complexity index is 519. The van der Waals surface area contributed by atoms with Crippen molar-refractivity contribution in [2.75, 3.05) is 26.0 Å². The number of aliphatic hydroxyl groups excluding tert-OH is 1. The predicted molar refractivity (Wildman–Crippen MR) is 117 cm³/mol. The molecule has 1 rings (SSSR count). The lowest BCUT2D eigenvalue weighted by molar-refractivity contribution is 0.140. The van der Waals surface area contributed by atoms with Gasteiger partial charge in [0.25, 0.3) is 0 Å². The molecule has 0 aliphatic heterocycles. The van der Waals surface area contributed by atoms with Gasteiger partial charge >= 0.3 is 0 Å². The molecule has 0 radical (unpaired) electrons. The molecule has 0 aliphatic rings. The first-order valence-electron chi connectivity index (χ1n) is 8.24. The van der Waals surface area contributed by atoms with Gasteiger partial charge in [-0.1, -0.05) is 26.0 Å². The Morgan fingerprint density at radius 1 is 1.29 bits per heavy atom. The Balaban J connectivity index is 0.00000529. The van der Waals surface area contributed by atoms with E-state index in [0.29, 0.717) is 13.1 Å². The van der Waals surface area contributed by atoms with Crippen molar-refractivity contribution in [1.29, 1.82) is 0 Å². The lowest BCUT2D eigenvalue weighted by Gasteiger charge is -2.26. The lowest BCUT2D eigenvalue weighted by Crippen LogP contribution is -2.43. The van der Waals surface area contributed by atoms with Gasteiger partial charge < -0.3 is 15.7 Å². The largest absolute Gasteiger partial charge is 0.396 e. The molecule has 138 valence electrons. The van der Waals surface area contributed by atoms with Crippen molar-refractivity contribution in [3.05, 3.63) is 29.3 Å². The number of thioether (sulfide) groups is 1. The van der Waals surface area contributed by atoms with Gasteiger partial charge in [0.05, 0.1) is 13.2 Å². The smallest absolute Gasteiger partial charge is 0.191 e. The second-order valence-corrected chi connectivity index (χ2v) is 7.03. The van der Waals surface area contributed by atoms with Crippen LogP contribution in [0.2, 0.25) is 0 Å². The molecule has 6 heteroatoms. The third kappa shape index (κ3) is 7.61. The maximum Gasteiger partial charge on any atom is 0.191 e. The van der Waals surface area contributed by atoms with Gasteiger partial charge in [0.1, 0.15) is 0 Å². The topological polar surface area (TPSA) is 56.7 Å². The van der Waals surface area contributed by atoms with Crippen molar-refractivity contribution in [2.45, 2.75) is 45.6 Å². The van der Waals surface area contributed by atoms with Crippen molar-refractivity contribution in [3.63, 3.8) is 0 Å². The minimum absolute atomic E-state index is 0. The minimum atomic E-state index is -0.121. The zero-order valence-electron chi connectivity index (χ0n) is 15.5. The molecule has 0 bridgehead atoms. The molecule has 1 aromatic carbocycles. The number of hydrogen-bond acceptors (Lipinski definition) is 3. The summed E-state index contributed by atoms with van der Waals surface area (Å²) in [5.41, 5.74) is 2.39. The zero-order valence-corrected chi connectivity index (χ0v) is 18.6. The average molecular weight is 465 g/mol. The number of nitrogens with one attached hydrogen (secondary N) is 2. The first-order chi connectivity index (χ1) is 11.0. The first-order valence-corrected chi connectivity index (χ1v) is 9.47. The molecule has 1 atom stereocenters. The summed E-state index contributed by atoms with van der Waals surface area (Å²) < 4.78 is 0. The number of halogens is 1. The van der Waals surface area contributed by atoms with Gasteiger partial charge in [0.15, 0.2) is 5.96 Å². The monoisotopic (exact) mass is 465 g/mol. The van der Waals surface area contributed by atoms with E-state index in [1.54, 1.807) is 11.8 Å². The molecule has 4 nitrogen and oxygen atoms in total. The summed E-state index contributed by atoms with van der Waals surface area (Å²) in [6, 6.07) is 6.48. The first kappa shape index (κ1) is 23.5. The van der Waals surface area contributed by atoms with Gasteiger partial charge in [-0.3, -0.25) is 0 Å². The number of aliphatic hydroxyl groups is 1. The van der Waals surface area contributed by atoms with Crippen molar-refractivity contribution in [2.24, 2.45) is 10.4 Å². The minimum Gasteiger partial charge on any atom is -0.396 e. The molecule has 0 aromatic heterocycles. The van der Waals surface area contributed by atoms with Gasteiger partial charge in [-0.05, 0) is 43.7 Å². The van der Waals surface area contributed by atoms with E-state index in [4.69, 9.17) is 4.99 Å². The molecular weight excluding hydrogens is 433 g/mol.